The van der Waals surface area contributed by atoms with E-state index in [9.17, 15) is 0 Å². The topological polar surface area (TPSA) is 19.4 Å². The maximum absolute atomic E-state index is 2.39. The molecule has 0 saturated carbocycles. The normalized spacial score (nSPS) is 10.9. The highest BCUT2D eigenvalue weighted by molar-refractivity contribution is 5.93. The zero-order valence-corrected chi connectivity index (χ0v) is 46.3. The van der Waals surface area contributed by atoms with Crippen molar-refractivity contribution in [3.63, 3.8) is 0 Å². The molecule has 0 aliphatic heterocycles. The lowest BCUT2D eigenvalue weighted by molar-refractivity contribution is 1.21. The Kier molecular flexibility index (Phi) is 15.2. The van der Waals surface area contributed by atoms with Gasteiger partial charge < -0.3 is 29.4 Å². The molecule has 6 nitrogen and oxygen atoms in total. The Morgan fingerprint density at radius 3 is 0.345 bits per heavy atom. The van der Waals surface area contributed by atoms with E-state index in [1.165, 1.54) is 0 Å². The molecule has 6 heteroatoms. The van der Waals surface area contributed by atoms with Crippen LogP contribution in [0.3, 0.4) is 0 Å². The van der Waals surface area contributed by atoms with E-state index >= 15 is 0 Å². The molecular formula is C78H60N6. The van der Waals surface area contributed by atoms with E-state index in [0.29, 0.717) is 0 Å². The van der Waals surface area contributed by atoms with Crippen molar-refractivity contribution in [3.05, 3.63) is 364 Å². The number of hydrogen-bond donors (Lipinski definition) is 0. The number of anilines is 18. The Balaban J connectivity index is 1.05. The zero-order chi connectivity index (χ0) is 56.3. The number of nitrogens with zero attached hydrogens (tertiary/aromatic N) is 6. The summed E-state index contributed by atoms with van der Waals surface area (Å²) in [7, 11) is 0. The predicted octanol–water partition coefficient (Wildman–Crippen LogP) is 22.5. The Hall–Kier alpha value is -11.3. The maximum Gasteiger partial charge on any atom is 0.0503 e. The van der Waals surface area contributed by atoms with Crippen LogP contribution in [0, 0.1) is 0 Å². The summed E-state index contributed by atoms with van der Waals surface area (Å²) in [6, 6.07) is 130. The van der Waals surface area contributed by atoms with E-state index in [4.69, 9.17) is 0 Å². The van der Waals surface area contributed by atoms with Crippen LogP contribution in [0.1, 0.15) is 0 Å². The summed E-state index contributed by atoms with van der Waals surface area (Å²) in [6.45, 7) is 0. The zero-order valence-electron chi connectivity index (χ0n) is 46.3. The minimum Gasteiger partial charge on any atom is -0.310 e. The molecule has 0 aliphatic rings. The summed E-state index contributed by atoms with van der Waals surface area (Å²) < 4.78 is 0. The highest BCUT2D eigenvalue weighted by Crippen LogP contribution is 2.49. The Morgan fingerprint density at radius 1 is 0.0952 bits per heavy atom. The fourth-order valence-corrected chi connectivity index (χ4v) is 11.2. The minimum atomic E-state index is 0.970. The van der Waals surface area contributed by atoms with E-state index in [-0.39, 0.29) is 0 Å². The van der Waals surface area contributed by atoms with Crippen LogP contribution >= 0.6 is 0 Å². The van der Waals surface area contributed by atoms with Gasteiger partial charge in [-0.05, 0) is 176 Å². The van der Waals surface area contributed by atoms with E-state index in [2.05, 4.69) is 393 Å². The van der Waals surface area contributed by atoms with Crippen LogP contribution in [0.5, 0.6) is 0 Å². The molecule has 0 N–H and O–H groups in total. The largest absolute Gasteiger partial charge is 0.310 e. The molecule has 84 heavy (non-hydrogen) atoms. The lowest BCUT2D eigenvalue weighted by Gasteiger charge is -2.34. The summed E-state index contributed by atoms with van der Waals surface area (Å²) >= 11 is 0. The van der Waals surface area contributed by atoms with Crippen LogP contribution < -0.4 is 29.4 Å². The average molecular weight is 1080 g/mol. The third kappa shape index (κ3) is 11.2. The second-order valence-electron chi connectivity index (χ2n) is 20.3. The molecule has 0 aromatic heterocycles. The molecule has 0 unspecified atom stereocenters. The van der Waals surface area contributed by atoms with Crippen LogP contribution in [0.15, 0.2) is 364 Å². The molecule has 13 aromatic carbocycles. The van der Waals surface area contributed by atoms with Gasteiger partial charge in [0.2, 0.25) is 0 Å². The Labute approximate surface area is 493 Å². The summed E-state index contributed by atoms with van der Waals surface area (Å²) in [4.78, 5) is 14.2. The van der Waals surface area contributed by atoms with Crippen molar-refractivity contribution in [1.82, 2.24) is 0 Å². The van der Waals surface area contributed by atoms with Gasteiger partial charge in [0.05, 0.1) is 34.1 Å². The second kappa shape index (κ2) is 24.6. The van der Waals surface area contributed by atoms with Gasteiger partial charge in [-0.25, -0.2) is 0 Å². The molecule has 13 rings (SSSR count). The quantitative estimate of drug-likeness (QED) is 0.0847. The van der Waals surface area contributed by atoms with Gasteiger partial charge in [0, 0.05) is 68.2 Å². The molecule has 0 heterocycles. The van der Waals surface area contributed by atoms with E-state index in [0.717, 1.165) is 102 Å². The van der Waals surface area contributed by atoms with Gasteiger partial charge in [-0.3, -0.25) is 0 Å². The van der Waals surface area contributed by atoms with Crippen molar-refractivity contribution in [3.8, 4) is 0 Å². The van der Waals surface area contributed by atoms with Gasteiger partial charge in [-0.2, -0.15) is 0 Å². The number of benzene rings is 13. The third-order valence-corrected chi connectivity index (χ3v) is 14.8. The Morgan fingerprint density at radius 2 is 0.202 bits per heavy atom. The first kappa shape index (κ1) is 52.1. The van der Waals surface area contributed by atoms with E-state index in [1.54, 1.807) is 0 Å². The molecule has 0 aliphatic carbocycles. The van der Waals surface area contributed by atoms with Crippen LogP contribution in [0.4, 0.5) is 102 Å². The minimum absolute atomic E-state index is 0.970. The molecule has 0 amide bonds. The fourth-order valence-electron chi connectivity index (χ4n) is 11.2. The van der Waals surface area contributed by atoms with Crippen molar-refractivity contribution in [2.45, 2.75) is 0 Å². The van der Waals surface area contributed by atoms with Crippen molar-refractivity contribution in [2.24, 2.45) is 0 Å². The van der Waals surface area contributed by atoms with E-state index in [1.807, 2.05) is 0 Å². The van der Waals surface area contributed by atoms with Gasteiger partial charge in [-0.1, -0.05) is 188 Å². The summed E-state index contributed by atoms with van der Waals surface area (Å²) in [5.41, 5.74) is 18.2. The maximum atomic E-state index is 2.39. The predicted molar refractivity (Wildman–Crippen MR) is 355 cm³/mol. The fraction of sp³-hybridized carbons (Fsp3) is 0. The van der Waals surface area contributed by atoms with Crippen molar-refractivity contribution in [2.75, 3.05) is 29.4 Å². The highest BCUT2D eigenvalue weighted by atomic mass is 15.2. The highest BCUT2D eigenvalue weighted by Gasteiger charge is 2.26. The SMILES string of the molecule is c1ccc(N(c2ccccc2)c2cc(N(c3ccccc3)c3ccccc3)cc(N(c3ccccc3)c3cccc(N(c4ccccc4)c4cc(N(c5ccccc5)c5ccccc5)cc(N(c5ccccc5)c5ccccc5)c4)c3)c2)cc1. The number of hydrogen-bond acceptors (Lipinski definition) is 6. The summed E-state index contributed by atoms with van der Waals surface area (Å²) in [6.07, 6.45) is 0. The number of para-hydroxylation sites is 10. The molecule has 0 bridgehead atoms. The molecular weight excluding hydrogens is 1020 g/mol. The molecule has 0 fully saturated rings. The molecule has 402 valence electrons. The molecule has 0 spiro atoms. The number of rotatable bonds is 18. The first-order valence-electron chi connectivity index (χ1n) is 28.4. The average Bonchev–Trinajstić information content (AvgIpc) is 3.73. The van der Waals surface area contributed by atoms with Crippen molar-refractivity contribution < 1.29 is 0 Å². The van der Waals surface area contributed by atoms with Gasteiger partial charge in [0.25, 0.3) is 0 Å². The van der Waals surface area contributed by atoms with Crippen molar-refractivity contribution in [1.29, 1.82) is 0 Å². The second-order valence-corrected chi connectivity index (χ2v) is 20.3. The monoisotopic (exact) mass is 1080 g/mol. The smallest absolute Gasteiger partial charge is 0.0503 e. The van der Waals surface area contributed by atoms with Gasteiger partial charge in [0.15, 0.2) is 0 Å². The Bertz CT molecular complexity index is 3550. The summed E-state index contributed by atoms with van der Waals surface area (Å²) in [5, 5.41) is 0. The van der Waals surface area contributed by atoms with Crippen LogP contribution in [-0.4, -0.2) is 0 Å². The summed E-state index contributed by atoms with van der Waals surface area (Å²) in [5.74, 6) is 0. The molecule has 0 saturated heterocycles. The molecule has 0 radical (unpaired) electrons. The van der Waals surface area contributed by atoms with Crippen LogP contribution in [0.25, 0.3) is 0 Å². The molecule has 0 atom stereocenters. The van der Waals surface area contributed by atoms with Crippen molar-refractivity contribution >= 4 is 102 Å². The van der Waals surface area contributed by atoms with Gasteiger partial charge in [0.1, 0.15) is 0 Å². The first-order chi connectivity index (χ1) is 41.7. The third-order valence-electron chi connectivity index (χ3n) is 14.8. The van der Waals surface area contributed by atoms with E-state index < -0.39 is 0 Å². The lowest BCUT2D eigenvalue weighted by Crippen LogP contribution is -2.17. The van der Waals surface area contributed by atoms with Crippen LogP contribution in [0.2, 0.25) is 0 Å². The van der Waals surface area contributed by atoms with Crippen LogP contribution in [-0.2, 0) is 0 Å². The molecule has 13 aromatic rings. The van der Waals surface area contributed by atoms with Gasteiger partial charge >= 0.3 is 0 Å². The van der Waals surface area contributed by atoms with Gasteiger partial charge in [-0.15, -0.1) is 0 Å². The lowest BCUT2D eigenvalue weighted by atomic mass is 10.1. The first-order valence-corrected chi connectivity index (χ1v) is 28.4. The standard InChI is InChI=1S/C78H60N6/c1-11-32-61(33-12-1)79(62-34-13-2-14-35-62)73-55-74(80(63-36-15-3-16-37-63)64-38-17-4-18-39-64)58-77(57-73)83(69-48-27-9-28-49-69)71-52-31-53-72(54-71)84(70-50-29-10-30-51-70)78-59-75(81(65-40-19-5-20-41-65)66-42-21-6-22-43-66)56-76(60-78)82(67-44-23-7-24-45-67)68-46-25-8-26-47-68/h1-60H.